The van der Waals surface area contributed by atoms with Crippen LogP contribution in [0.5, 0.6) is 0 Å². The summed E-state index contributed by atoms with van der Waals surface area (Å²) in [6, 6.07) is 29.3. The summed E-state index contributed by atoms with van der Waals surface area (Å²) in [7, 11) is 7.00. The molecule has 0 saturated carbocycles. The Hall–Kier alpha value is -1.67. The van der Waals surface area contributed by atoms with Crippen LogP contribution in [0.25, 0.3) is 32.2 Å². The third-order valence-electron chi connectivity index (χ3n) is 3.10. The van der Waals surface area contributed by atoms with Crippen LogP contribution >= 0.6 is 0 Å². The fraction of sp³-hybridized carbons (Fsp3) is 0.240. The molecular formula is C25H32N2Zr-4. The zero-order valence-electron chi connectivity index (χ0n) is 18.0. The second-order valence-corrected chi connectivity index (χ2v) is 8.66. The summed E-state index contributed by atoms with van der Waals surface area (Å²) in [6.45, 7) is 4.25. The Morgan fingerprint density at radius 1 is 0.643 bits per heavy atom. The van der Waals surface area contributed by atoms with Crippen molar-refractivity contribution in [2.24, 2.45) is 0 Å². The van der Waals surface area contributed by atoms with Gasteiger partial charge in [0.25, 0.3) is 0 Å². The van der Waals surface area contributed by atoms with Crippen LogP contribution in [-0.2, 0) is 24.2 Å². The van der Waals surface area contributed by atoms with Gasteiger partial charge in [-0.3, -0.25) is 0 Å². The van der Waals surface area contributed by atoms with E-state index in [-0.39, 0.29) is 0 Å². The molecule has 4 rings (SSSR count). The van der Waals surface area contributed by atoms with E-state index in [1.807, 2.05) is 0 Å². The van der Waals surface area contributed by atoms with Gasteiger partial charge in [0.05, 0.1) is 0 Å². The van der Waals surface area contributed by atoms with E-state index >= 15 is 0 Å². The minimum absolute atomic E-state index is 1.33. The summed E-state index contributed by atoms with van der Waals surface area (Å²) in [4.78, 5) is 0. The summed E-state index contributed by atoms with van der Waals surface area (Å²) in [5.74, 6) is 0. The molecular weight excluding hydrogens is 420 g/mol. The Bertz CT molecular complexity index is 742. The predicted molar refractivity (Wildman–Crippen MR) is 126 cm³/mol. The number of hydrogen-bond acceptors (Lipinski definition) is 0. The van der Waals surface area contributed by atoms with Crippen LogP contribution in [0.1, 0.15) is 13.8 Å². The summed E-state index contributed by atoms with van der Waals surface area (Å²) in [5, 5.41) is 12.3. The van der Waals surface area contributed by atoms with Gasteiger partial charge in [0.15, 0.2) is 0 Å². The number of hydrogen-bond donors (Lipinski definition) is 0. The third kappa shape index (κ3) is 12.7. The van der Waals surface area contributed by atoms with Crippen molar-refractivity contribution in [2.45, 2.75) is 13.8 Å². The minimum Gasteiger partial charge on any atom is -0.668 e. The molecule has 0 spiro atoms. The van der Waals surface area contributed by atoms with E-state index in [1.165, 1.54) is 24.8 Å². The summed E-state index contributed by atoms with van der Waals surface area (Å²) in [5.41, 5.74) is 0. The van der Waals surface area contributed by atoms with E-state index in [0.29, 0.717) is 0 Å². The maximum Gasteiger partial charge on any atom is -0.0809 e. The molecule has 4 aromatic rings. The molecule has 0 aliphatic heterocycles. The van der Waals surface area contributed by atoms with Crippen LogP contribution in [0.3, 0.4) is 0 Å². The van der Waals surface area contributed by atoms with Crippen molar-refractivity contribution < 1.29 is 24.2 Å². The van der Waals surface area contributed by atoms with Gasteiger partial charge in [-0.25, -0.2) is 0 Å². The Balaban J connectivity index is 0.000000361. The molecule has 0 atom stereocenters. The topological polar surface area (TPSA) is 28.2 Å². The second-order valence-electron chi connectivity index (χ2n) is 6.20. The van der Waals surface area contributed by atoms with E-state index in [0.717, 1.165) is 0 Å². The van der Waals surface area contributed by atoms with Crippen molar-refractivity contribution in [3.05, 3.63) is 95.6 Å². The van der Waals surface area contributed by atoms with E-state index in [1.54, 1.807) is 52.4 Å². The molecule has 0 aliphatic rings. The standard InChI is InChI=1S/2C9H7.C3H6.2C2H6N.Zr/c2*1-2-5-9-7-3-6-8(9)4-1;3*1-3-2;/h2*1-7H;3*1-2H3;/q2*-1;;2*-1;. The summed E-state index contributed by atoms with van der Waals surface area (Å²) < 4.78 is 1.51. The van der Waals surface area contributed by atoms with Gasteiger partial charge in [0.2, 0.25) is 0 Å². The van der Waals surface area contributed by atoms with Gasteiger partial charge in [-0.1, -0.05) is 12.1 Å². The van der Waals surface area contributed by atoms with E-state index in [9.17, 15) is 0 Å². The zero-order valence-corrected chi connectivity index (χ0v) is 20.4. The van der Waals surface area contributed by atoms with E-state index in [4.69, 9.17) is 0 Å². The number of rotatable bonds is 0. The molecule has 0 amide bonds. The van der Waals surface area contributed by atoms with Crippen LogP contribution in [0.2, 0.25) is 0 Å². The number of benzene rings is 2. The van der Waals surface area contributed by atoms with Gasteiger partial charge in [-0.2, -0.15) is 63.2 Å². The molecule has 0 fully saturated rings. The fourth-order valence-corrected chi connectivity index (χ4v) is 2.14. The molecule has 0 aromatic heterocycles. The van der Waals surface area contributed by atoms with Crippen molar-refractivity contribution in [1.29, 1.82) is 0 Å². The van der Waals surface area contributed by atoms with Crippen molar-refractivity contribution in [1.82, 2.24) is 0 Å². The number of fused-ring (bicyclic) bond motifs is 2. The minimum atomic E-state index is 1.33. The van der Waals surface area contributed by atoms with E-state index < -0.39 is 0 Å². The molecule has 0 aliphatic carbocycles. The van der Waals surface area contributed by atoms with Crippen molar-refractivity contribution >= 4 is 24.8 Å². The van der Waals surface area contributed by atoms with Crippen molar-refractivity contribution in [3.63, 3.8) is 0 Å². The molecule has 4 aromatic carbocycles. The molecule has 0 saturated heterocycles. The van der Waals surface area contributed by atoms with Crippen LogP contribution in [0, 0.1) is 0 Å². The second kappa shape index (κ2) is 17.4. The largest absolute Gasteiger partial charge is 0.668 e. The van der Waals surface area contributed by atoms with Gasteiger partial charge in [0.1, 0.15) is 0 Å². The third-order valence-corrected chi connectivity index (χ3v) is 3.10. The van der Waals surface area contributed by atoms with Gasteiger partial charge in [-0.15, -0.1) is 59.3 Å². The van der Waals surface area contributed by atoms with Crippen molar-refractivity contribution in [2.75, 3.05) is 28.2 Å². The normalized spacial score (nSPS) is 8.75. The average Bonchev–Trinajstić information content (AvgIpc) is 3.32. The molecule has 3 heteroatoms. The van der Waals surface area contributed by atoms with E-state index in [2.05, 4.69) is 109 Å². The average molecular weight is 452 g/mol. The zero-order chi connectivity index (χ0) is 21.2. The van der Waals surface area contributed by atoms with Crippen LogP contribution < -0.4 is 0 Å². The van der Waals surface area contributed by atoms with Crippen LogP contribution in [0.4, 0.5) is 0 Å². The molecule has 0 heterocycles. The fourth-order valence-electron chi connectivity index (χ4n) is 2.14. The molecule has 150 valence electrons. The SMILES string of the molecule is C[C](C)=[Zr].C[N-]C.C[N-]C.c1ccc2[cH-]ccc2c1.c1ccc2[cH-]ccc2c1. The van der Waals surface area contributed by atoms with Gasteiger partial charge in [0, 0.05) is 0 Å². The first kappa shape index (κ1) is 26.3. The molecule has 28 heavy (non-hydrogen) atoms. The Labute approximate surface area is 186 Å². The van der Waals surface area contributed by atoms with Crippen LogP contribution in [-0.4, -0.2) is 31.4 Å². The van der Waals surface area contributed by atoms with Gasteiger partial charge >= 0.3 is 41.3 Å². The first-order valence-corrected chi connectivity index (χ1v) is 10.4. The monoisotopic (exact) mass is 450 g/mol. The smallest absolute Gasteiger partial charge is 0.0809 e. The predicted octanol–water partition coefficient (Wildman–Crippen LogP) is 7.10. The first-order valence-electron chi connectivity index (χ1n) is 9.18. The van der Waals surface area contributed by atoms with Gasteiger partial charge in [-0.05, 0) is 0 Å². The maximum absolute atomic E-state index is 3.50. The molecule has 0 unspecified atom stereocenters. The van der Waals surface area contributed by atoms with Crippen LogP contribution in [0.15, 0.2) is 84.9 Å². The Morgan fingerprint density at radius 2 is 0.929 bits per heavy atom. The summed E-state index contributed by atoms with van der Waals surface area (Å²) >= 11 is 1.55. The molecule has 0 N–H and O–H groups in total. The summed E-state index contributed by atoms with van der Waals surface area (Å²) in [6.07, 6.45) is 0. The maximum atomic E-state index is 3.50. The number of nitrogens with zero attached hydrogens (tertiary/aromatic N) is 2. The Morgan fingerprint density at radius 3 is 1.21 bits per heavy atom. The van der Waals surface area contributed by atoms with Gasteiger partial charge < -0.3 is 10.6 Å². The molecule has 0 radical (unpaired) electrons. The van der Waals surface area contributed by atoms with Crippen molar-refractivity contribution in [3.8, 4) is 0 Å². The molecule has 0 bridgehead atoms. The first-order chi connectivity index (χ1) is 13.5. The molecule has 2 nitrogen and oxygen atoms in total. The quantitative estimate of drug-likeness (QED) is 0.255. The Kier molecular flexibility index (Phi) is 16.4.